The summed E-state index contributed by atoms with van der Waals surface area (Å²) in [5.41, 5.74) is 0.945. The monoisotopic (exact) mass is 267 g/mol. The average molecular weight is 267 g/mol. The van der Waals surface area contributed by atoms with E-state index >= 15 is 0 Å². The molecule has 1 aromatic carbocycles. The van der Waals surface area contributed by atoms with Crippen LogP contribution in [-0.4, -0.2) is 32.5 Å². The van der Waals surface area contributed by atoms with Crippen molar-refractivity contribution in [1.82, 2.24) is 0 Å². The van der Waals surface area contributed by atoms with E-state index in [1.807, 2.05) is 45.9 Å². The second-order valence-corrected chi connectivity index (χ2v) is 4.37. The second kappa shape index (κ2) is 8.64. The quantitative estimate of drug-likeness (QED) is 0.697. The molecule has 0 aliphatic carbocycles. The van der Waals surface area contributed by atoms with Crippen molar-refractivity contribution in [3.05, 3.63) is 18.2 Å². The van der Waals surface area contributed by atoms with Gasteiger partial charge in [-0.1, -0.05) is 0 Å². The van der Waals surface area contributed by atoms with Gasteiger partial charge in [-0.05, 0) is 39.8 Å². The Morgan fingerprint density at radius 3 is 2.47 bits per heavy atom. The molecule has 0 heterocycles. The van der Waals surface area contributed by atoms with Crippen LogP contribution in [0.3, 0.4) is 0 Å². The number of anilines is 1. The number of rotatable bonds is 9. The normalized spacial score (nSPS) is 10.6. The van der Waals surface area contributed by atoms with E-state index in [1.165, 1.54) is 0 Å². The lowest BCUT2D eigenvalue weighted by Crippen LogP contribution is -2.13. The van der Waals surface area contributed by atoms with Gasteiger partial charge in [-0.2, -0.15) is 0 Å². The predicted molar refractivity (Wildman–Crippen MR) is 78.4 cm³/mol. The molecule has 0 atom stereocenters. The van der Waals surface area contributed by atoms with Crippen molar-refractivity contribution in [2.24, 2.45) is 0 Å². The fourth-order valence-corrected chi connectivity index (χ4v) is 1.67. The van der Waals surface area contributed by atoms with Gasteiger partial charge in [-0.25, -0.2) is 0 Å². The Morgan fingerprint density at radius 2 is 1.84 bits per heavy atom. The second-order valence-electron chi connectivity index (χ2n) is 4.37. The van der Waals surface area contributed by atoms with Crippen molar-refractivity contribution < 1.29 is 14.2 Å². The molecule has 0 saturated carbocycles. The van der Waals surface area contributed by atoms with Crippen molar-refractivity contribution >= 4 is 5.69 Å². The number of ether oxygens (including phenoxy) is 3. The number of hydrogen-bond donors (Lipinski definition) is 1. The molecule has 0 aliphatic heterocycles. The summed E-state index contributed by atoms with van der Waals surface area (Å²) in [7, 11) is 0. The molecular weight excluding hydrogens is 242 g/mol. The summed E-state index contributed by atoms with van der Waals surface area (Å²) in [4.78, 5) is 0. The molecule has 0 unspecified atom stereocenters. The number of hydrogen-bond acceptors (Lipinski definition) is 4. The molecule has 0 fully saturated rings. The van der Waals surface area contributed by atoms with Gasteiger partial charge < -0.3 is 19.5 Å². The van der Waals surface area contributed by atoms with E-state index < -0.39 is 0 Å². The van der Waals surface area contributed by atoms with Crippen LogP contribution in [0.25, 0.3) is 0 Å². The van der Waals surface area contributed by atoms with Gasteiger partial charge in [0.2, 0.25) is 0 Å². The van der Waals surface area contributed by atoms with Crippen molar-refractivity contribution in [1.29, 1.82) is 0 Å². The highest BCUT2D eigenvalue weighted by atomic mass is 16.5. The van der Waals surface area contributed by atoms with Gasteiger partial charge in [0.1, 0.15) is 11.5 Å². The van der Waals surface area contributed by atoms with Gasteiger partial charge in [0, 0.05) is 12.6 Å². The first-order valence-corrected chi connectivity index (χ1v) is 6.92. The zero-order chi connectivity index (χ0) is 14.1. The van der Waals surface area contributed by atoms with Gasteiger partial charge in [0.25, 0.3) is 0 Å². The van der Waals surface area contributed by atoms with Crippen LogP contribution >= 0.6 is 0 Å². The third-order valence-corrected chi connectivity index (χ3v) is 2.43. The highest BCUT2D eigenvalue weighted by Gasteiger charge is 2.05. The summed E-state index contributed by atoms with van der Waals surface area (Å²) in [6, 6.07) is 5.81. The molecule has 4 heteroatoms. The molecule has 4 nitrogen and oxygen atoms in total. The van der Waals surface area contributed by atoms with E-state index in [0.29, 0.717) is 19.8 Å². The predicted octanol–water partition coefficient (Wildman–Crippen LogP) is 3.32. The Balaban J connectivity index is 2.62. The van der Waals surface area contributed by atoms with Crippen LogP contribution in [0.2, 0.25) is 0 Å². The minimum absolute atomic E-state index is 0.253. The molecule has 0 saturated heterocycles. The van der Waals surface area contributed by atoms with E-state index in [-0.39, 0.29) is 6.10 Å². The first-order chi connectivity index (χ1) is 9.17. The largest absolute Gasteiger partial charge is 0.494 e. The first kappa shape index (κ1) is 15.6. The highest BCUT2D eigenvalue weighted by molar-refractivity contribution is 5.59. The summed E-state index contributed by atoms with van der Waals surface area (Å²) in [6.45, 7) is 10.7. The number of nitrogens with one attached hydrogen (secondary N) is 1. The third kappa shape index (κ3) is 5.83. The van der Waals surface area contributed by atoms with Crippen molar-refractivity contribution in [3.63, 3.8) is 0 Å². The maximum absolute atomic E-state index is 5.59. The molecule has 0 amide bonds. The first-order valence-electron chi connectivity index (χ1n) is 6.92. The van der Waals surface area contributed by atoms with Gasteiger partial charge in [0.05, 0.1) is 31.6 Å². The van der Waals surface area contributed by atoms with Crippen LogP contribution in [0.15, 0.2) is 18.2 Å². The van der Waals surface area contributed by atoms with Crippen LogP contribution in [0.4, 0.5) is 5.69 Å². The van der Waals surface area contributed by atoms with Crippen LogP contribution in [-0.2, 0) is 4.74 Å². The van der Waals surface area contributed by atoms with Gasteiger partial charge in [-0.15, -0.1) is 0 Å². The standard InChI is InChI=1S/C15H25NO3/c1-5-17-13-7-8-15(18-6-2)14(11-13)16-9-10-19-12(3)4/h7-8,11-12,16H,5-6,9-10H2,1-4H3. The fourth-order valence-electron chi connectivity index (χ4n) is 1.67. The molecule has 1 aromatic rings. The highest BCUT2D eigenvalue weighted by Crippen LogP contribution is 2.29. The SMILES string of the molecule is CCOc1ccc(OCC)c(NCCOC(C)C)c1. The van der Waals surface area contributed by atoms with E-state index in [9.17, 15) is 0 Å². The number of benzene rings is 1. The topological polar surface area (TPSA) is 39.7 Å². The lowest BCUT2D eigenvalue weighted by atomic mass is 10.2. The van der Waals surface area contributed by atoms with Gasteiger partial charge in [-0.3, -0.25) is 0 Å². The molecule has 0 bridgehead atoms. The fraction of sp³-hybridized carbons (Fsp3) is 0.600. The Labute approximate surface area is 116 Å². The Hall–Kier alpha value is -1.42. The molecule has 0 aliphatic rings. The van der Waals surface area contributed by atoms with Crippen molar-refractivity contribution in [2.45, 2.75) is 33.8 Å². The smallest absolute Gasteiger partial charge is 0.142 e. The van der Waals surface area contributed by atoms with E-state index in [2.05, 4.69) is 5.32 Å². The lowest BCUT2D eigenvalue weighted by Gasteiger charge is -2.15. The summed E-state index contributed by atoms with van der Waals surface area (Å²) in [6.07, 6.45) is 0.253. The molecule has 1 rings (SSSR count). The van der Waals surface area contributed by atoms with Crippen molar-refractivity contribution in [2.75, 3.05) is 31.7 Å². The lowest BCUT2D eigenvalue weighted by molar-refractivity contribution is 0.0870. The zero-order valence-electron chi connectivity index (χ0n) is 12.4. The van der Waals surface area contributed by atoms with Crippen LogP contribution < -0.4 is 14.8 Å². The Morgan fingerprint density at radius 1 is 1.11 bits per heavy atom. The minimum atomic E-state index is 0.253. The Bertz CT molecular complexity index is 366. The van der Waals surface area contributed by atoms with Gasteiger partial charge in [0.15, 0.2) is 0 Å². The maximum Gasteiger partial charge on any atom is 0.142 e. The summed E-state index contributed by atoms with van der Waals surface area (Å²) < 4.78 is 16.6. The molecular formula is C15H25NO3. The van der Waals surface area contributed by atoms with E-state index in [4.69, 9.17) is 14.2 Å². The molecule has 0 spiro atoms. The zero-order valence-corrected chi connectivity index (χ0v) is 12.4. The third-order valence-electron chi connectivity index (χ3n) is 2.43. The van der Waals surface area contributed by atoms with Gasteiger partial charge >= 0.3 is 0 Å². The molecule has 108 valence electrons. The van der Waals surface area contributed by atoms with Crippen molar-refractivity contribution in [3.8, 4) is 11.5 Å². The van der Waals surface area contributed by atoms with Crippen LogP contribution in [0, 0.1) is 0 Å². The molecule has 1 N–H and O–H groups in total. The van der Waals surface area contributed by atoms with E-state index in [1.54, 1.807) is 0 Å². The minimum Gasteiger partial charge on any atom is -0.494 e. The summed E-state index contributed by atoms with van der Waals surface area (Å²) >= 11 is 0. The maximum atomic E-state index is 5.59. The van der Waals surface area contributed by atoms with E-state index in [0.717, 1.165) is 23.7 Å². The summed E-state index contributed by atoms with van der Waals surface area (Å²) in [5, 5.41) is 3.32. The van der Waals surface area contributed by atoms with Crippen LogP contribution in [0.5, 0.6) is 11.5 Å². The molecule has 0 aromatic heterocycles. The Kier molecular flexibility index (Phi) is 7.11. The summed E-state index contributed by atoms with van der Waals surface area (Å²) in [5.74, 6) is 1.69. The molecule has 0 radical (unpaired) electrons. The molecule has 19 heavy (non-hydrogen) atoms. The van der Waals surface area contributed by atoms with Crippen LogP contribution in [0.1, 0.15) is 27.7 Å². The average Bonchev–Trinajstić information content (AvgIpc) is 2.37.